The molecule has 3 aliphatic carbocycles. The normalized spacial score (nSPS) is 38.1. The predicted octanol–water partition coefficient (Wildman–Crippen LogP) is 4.34. The molecule has 0 heterocycles. The number of allylic oxidation sites excluding steroid dienone is 4. The Balaban J connectivity index is 0.000000354. The summed E-state index contributed by atoms with van der Waals surface area (Å²) in [6, 6.07) is 0. The molecule has 3 atom stereocenters. The van der Waals surface area contributed by atoms with Crippen LogP contribution < -0.4 is 0 Å². The van der Waals surface area contributed by atoms with Gasteiger partial charge in [-0.15, -0.1) is 0 Å². The maximum Gasteiger partial charge on any atom is -0.0158 e. The first-order valence-electron chi connectivity index (χ1n) is 6.24. The van der Waals surface area contributed by atoms with Crippen molar-refractivity contribution in [3.63, 3.8) is 0 Å². The molecule has 3 unspecified atom stereocenters. The van der Waals surface area contributed by atoms with Gasteiger partial charge < -0.3 is 0 Å². The molecule has 2 fully saturated rings. The van der Waals surface area contributed by atoms with Gasteiger partial charge in [0.1, 0.15) is 0 Å². The summed E-state index contributed by atoms with van der Waals surface area (Å²) in [6.07, 6.45) is 10.7. The van der Waals surface area contributed by atoms with Gasteiger partial charge in [0.25, 0.3) is 0 Å². The Kier molecular flexibility index (Phi) is 2.80. The highest BCUT2D eigenvalue weighted by molar-refractivity contribution is 5.40. The highest BCUT2D eigenvalue weighted by Crippen LogP contribution is 2.49. The lowest BCUT2D eigenvalue weighted by atomic mass is 9.80. The first kappa shape index (κ1) is 10.0. The van der Waals surface area contributed by atoms with E-state index in [4.69, 9.17) is 0 Å². The van der Waals surface area contributed by atoms with Crippen LogP contribution in [0.3, 0.4) is 0 Å². The van der Waals surface area contributed by atoms with Crippen LogP contribution in [-0.4, -0.2) is 0 Å². The van der Waals surface area contributed by atoms with Gasteiger partial charge in [0, 0.05) is 0 Å². The Labute approximate surface area is 88.1 Å². The Morgan fingerprint density at radius 3 is 2.43 bits per heavy atom. The number of rotatable bonds is 0. The molecule has 0 bridgehead atoms. The lowest BCUT2D eigenvalue weighted by molar-refractivity contribution is 0.492. The van der Waals surface area contributed by atoms with Gasteiger partial charge >= 0.3 is 0 Å². The van der Waals surface area contributed by atoms with Crippen LogP contribution in [0.1, 0.15) is 46.5 Å². The molecule has 14 heavy (non-hydrogen) atoms. The summed E-state index contributed by atoms with van der Waals surface area (Å²) in [4.78, 5) is 0. The van der Waals surface area contributed by atoms with Crippen molar-refractivity contribution in [2.45, 2.75) is 46.5 Å². The molecule has 0 saturated heterocycles. The van der Waals surface area contributed by atoms with E-state index in [0.29, 0.717) is 0 Å². The van der Waals surface area contributed by atoms with Crippen LogP contribution in [0.25, 0.3) is 0 Å². The van der Waals surface area contributed by atoms with Crippen LogP contribution >= 0.6 is 0 Å². The van der Waals surface area contributed by atoms with Crippen molar-refractivity contribution in [1.29, 1.82) is 0 Å². The van der Waals surface area contributed by atoms with E-state index in [2.05, 4.69) is 19.1 Å². The molecule has 0 N–H and O–H groups in total. The second-order valence-corrected chi connectivity index (χ2v) is 4.80. The summed E-state index contributed by atoms with van der Waals surface area (Å²) >= 11 is 0. The van der Waals surface area contributed by atoms with Gasteiger partial charge in [-0.25, -0.2) is 0 Å². The molecular weight excluding hydrogens is 168 g/mol. The monoisotopic (exact) mass is 190 g/mol. The molecule has 0 spiro atoms. The minimum atomic E-state index is 0.934. The minimum Gasteiger partial charge on any atom is -0.0773 e. The maximum absolute atomic E-state index is 2.57. The quantitative estimate of drug-likeness (QED) is 0.533. The van der Waals surface area contributed by atoms with Crippen molar-refractivity contribution >= 4 is 0 Å². The fraction of sp³-hybridized carbons (Fsp3) is 0.714. The van der Waals surface area contributed by atoms with Crippen LogP contribution in [0.2, 0.25) is 0 Å². The fourth-order valence-corrected chi connectivity index (χ4v) is 2.67. The maximum atomic E-state index is 2.57. The summed E-state index contributed by atoms with van der Waals surface area (Å²) in [5.74, 6) is 2.84. The van der Waals surface area contributed by atoms with E-state index in [1.807, 2.05) is 13.8 Å². The Morgan fingerprint density at radius 1 is 1.07 bits per heavy atom. The molecule has 0 radical (unpaired) electrons. The van der Waals surface area contributed by atoms with Gasteiger partial charge in [0.15, 0.2) is 0 Å². The van der Waals surface area contributed by atoms with Crippen LogP contribution in [0.4, 0.5) is 0 Å². The molecule has 0 nitrogen and oxygen atoms in total. The highest BCUT2D eigenvalue weighted by atomic mass is 14.4. The predicted molar refractivity (Wildman–Crippen MR) is 62.1 cm³/mol. The second-order valence-electron chi connectivity index (χ2n) is 4.80. The molecule has 2 saturated carbocycles. The smallest absolute Gasteiger partial charge is 0.0158 e. The molecule has 0 aromatic rings. The van der Waals surface area contributed by atoms with Crippen molar-refractivity contribution in [2.75, 3.05) is 0 Å². The third-order valence-electron chi connectivity index (χ3n) is 3.61. The first-order valence-corrected chi connectivity index (χ1v) is 6.24. The summed E-state index contributed by atoms with van der Waals surface area (Å²) in [5.41, 5.74) is 3.40. The molecule has 0 aromatic heterocycles. The van der Waals surface area contributed by atoms with E-state index < -0.39 is 0 Å². The lowest BCUT2D eigenvalue weighted by Gasteiger charge is -2.25. The zero-order valence-corrected chi connectivity index (χ0v) is 9.72. The largest absolute Gasteiger partial charge is 0.0773 e. The fourth-order valence-electron chi connectivity index (χ4n) is 2.67. The molecule has 0 amide bonds. The Morgan fingerprint density at radius 2 is 1.71 bits per heavy atom. The zero-order valence-electron chi connectivity index (χ0n) is 9.72. The van der Waals surface area contributed by atoms with E-state index in [1.54, 1.807) is 11.1 Å². The van der Waals surface area contributed by atoms with Crippen molar-refractivity contribution in [2.24, 2.45) is 17.8 Å². The van der Waals surface area contributed by atoms with E-state index in [9.17, 15) is 0 Å². The topological polar surface area (TPSA) is 0 Å². The molecule has 0 aromatic carbocycles. The van der Waals surface area contributed by atoms with Gasteiger partial charge in [-0.1, -0.05) is 32.9 Å². The van der Waals surface area contributed by atoms with Gasteiger partial charge in [0.05, 0.1) is 0 Å². The number of hydrogen-bond donors (Lipinski definition) is 0. The molecule has 3 aliphatic rings. The third kappa shape index (κ3) is 1.80. The zero-order chi connectivity index (χ0) is 10.1. The average molecular weight is 190 g/mol. The summed E-state index contributed by atoms with van der Waals surface area (Å²) in [7, 11) is 0. The number of fused-ring (bicyclic) bond motifs is 2. The second kappa shape index (κ2) is 3.92. The highest BCUT2D eigenvalue weighted by Gasteiger charge is 2.38. The van der Waals surface area contributed by atoms with Gasteiger partial charge in [-0.2, -0.15) is 0 Å². The average Bonchev–Trinajstić information content (AvgIpc) is 2.95. The van der Waals surface area contributed by atoms with E-state index in [1.165, 1.54) is 25.7 Å². The Bertz CT molecular complexity index is 270. The van der Waals surface area contributed by atoms with Crippen LogP contribution in [0.15, 0.2) is 23.3 Å². The van der Waals surface area contributed by atoms with Crippen molar-refractivity contribution in [3.8, 4) is 0 Å². The van der Waals surface area contributed by atoms with Crippen molar-refractivity contribution in [3.05, 3.63) is 23.3 Å². The Hall–Kier alpha value is -0.520. The third-order valence-corrected chi connectivity index (χ3v) is 3.61. The summed E-state index contributed by atoms with van der Waals surface area (Å²) < 4.78 is 0. The summed E-state index contributed by atoms with van der Waals surface area (Å²) in [5, 5.41) is 0. The van der Waals surface area contributed by atoms with Crippen LogP contribution in [-0.2, 0) is 0 Å². The SMILES string of the molecule is CC.CC1CCC2=CC3CC3C=C2C1. The lowest BCUT2D eigenvalue weighted by Crippen LogP contribution is -2.09. The molecular formula is C14H22. The van der Waals surface area contributed by atoms with Gasteiger partial charge in [0.2, 0.25) is 0 Å². The van der Waals surface area contributed by atoms with Crippen molar-refractivity contribution in [1.82, 2.24) is 0 Å². The first-order chi connectivity index (χ1) is 6.83. The molecule has 3 rings (SSSR count). The van der Waals surface area contributed by atoms with E-state index >= 15 is 0 Å². The van der Waals surface area contributed by atoms with Crippen molar-refractivity contribution < 1.29 is 0 Å². The number of hydrogen-bond acceptors (Lipinski definition) is 0. The standard InChI is InChI=1S/C12H16.C2H6/c1-8-2-3-9-5-11-7-12(11)6-10(9)4-8;1-2/h5-6,8,11-12H,2-4,7H2,1H3;1-2H3. The minimum absolute atomic E-state index is 0.934. The van der Waals surface area contributed by atoms with Crippen LogP contribution in [0.5, 0.6) is 0 Å². The molecule has 0 heteroatoms. The van der Waals surface area contributed by atoms with E-state index in [0.717, 1.165) is 17.8 Å². The van der Waals surface area contributed by atoms with Gasteiger partial charge in [-0.3, -0.25) is 0 Å². The van der Waals surface area contributed by atoms with Gasteiger partial charge in [-0.05, 0) is 54.6 Å². The van der Waals surface area contributed by atoms with E-state index in [-0.39, 0.29) is 0 Å². The molecule has 0 aliphatic heterocycles. The van der Waals surface area contributed by atoms with Crippen LogP contribution in [0, 0.1) is 17.8 Å². The summed E-state index contributed by atoms with van der Waals surface area (Å²) in [6.45, 7) is 6.39. The molecule has 78 valence electrons.